The Balaban J connectivity index is 3.52. The first-order chi connectivity index (χ1) is 9.20. The van der Waals surface area contributed by atoms with Crippen molar-refractivity contribution >= 4 is 18.1 Å². The van der Waals surface area contributed by atoms with Crippen molar-refractivity contribution < 1.29 is 24.2 Å². The summed E-state index contributed by atoms with van der Waals surface area (Å²) >= 11 is 0. The molecule has 0 aromatic carbocycles. The molecule has 8 heteroatoms. The normalized spacial score (nSPS) is 10.6. The van der Waals surface area contributed by atoms with Gasteiger partial charge in [-0.3, -0.25) is 4.79 Å². The first-order valence-corrected chi connectivity index (χ1v) is 6.41. The number of carboxylic acids is 1. The fraction of sp³-hybridized carbons (Fsp3) is 0.750. The number of urea groups is 1. The first-order valence-electron chi connectivity index (χ1n) is 6.41. The summed E-state index contributed by atoms with van der Waals surface area (Å²) in [5.74, 6) is -0.895. The quantitative estimate of drug-likeness (QED) is 0.514. The average molecular weight is 289 g/mol. The Kier molecular flexibility index (Phi) is 8.10. The van der Waals surface area contributed by atoms with Crippen molar-refractivity contribution in [1.82, 2.24) is 16.0 Å². The van der Waals surface area contributed by atoms with E-state index in [1.807, 2.05) is 0 Å². The number of carboxylic acid groups (broad SMARTS) is 1. The van der Waals surface area contributed by atoms with Gasteiger partial charge in [0.25, 0.3) is 0 Å². The zero-order valence-corrected chi connectivity index (χ0v) is 12.1. The third-order valence-electron chi connectivity index (χ3n) is 1.93. The van der Waals surface area contributed by atoms with Gasteiger partial charge in [0.2, 0.25) is 0 Å². The highest BCUT2D eigenvalue weighted by Crippen LogP contribution is 2.05. The lowest BCUT2D eigenvalue weighted by Gasteiger charge is -2.19. The Morgan fingerprint density at radius 2 is 1.55 bits per heavy atom. The van der Waals surface area contributed by atoms with Crippen LogP contribution in [-0.4, -0.2) is 48.4 Å². The summed E-state index contributed by atoms with van der Waals surface area (Å²) in [5, 5.41) is 15.9. The van der Waals surface area contributed by atoms with Gasteiger partial charge < -0.3 is 25.8 Å². The van der Waals surface area contributed by atoms with Gasteiger partial charge in [-0.15, -0.1) is 0 Å². The molecule has 0 aliphatic rings. The molecule has 20 heavy (non-hydrogen) atoms. The fourth-order valence-corrected chi connectivity index (χ4v) is 1.16. The molecule has 8 nitrogen and oxygen atoms in total. The Hall–Kier alpha value is -1.99. The lowest BCUT2D eigenvalue weighted by Crippen LogP contribution is -2.41. The van der Waals surface area contributed by atoms with E-state index in [0.29, 0.717) is 6.42 Å². The molecule has 116 valence electrons. The Bertz CT molecular complexity index is 338. The summed E-state index contributed by atoms with van der Waals surface area (Å²) in [7, 11) is 0. The van der Waals surface area contributed by atoms with Gasteiger partial charge in [0.15, 0.2) is 0 Å². The highest BCUT2D eigenvalue weighted by atomic mass is 16.6. The van der Waals surface area contributed by atoms with E-state index in [-0.39, 0.29) is 26.1 Å². The maximum Gasteiger partial charge on any atom is 0.407 e. The zero-order chi connectivity index (χ0) is 15.6. The van der Waals surface area contributed by atoms with E-state index in [9.17, 15) is 14.4 Å². The highest BCUT2D eigenvalue weighted by molar-refractivity contribution is 5.74. The number of nitrogens with one attached hydrogen (secondary N) is 3. The van der Waals surface area contributed by atoms with Gasteiger partial charge in [0.05, 0.1) is 0 Å². The van der Waals surface area contributed by atoms with Crippen molar-refractivity contribution in [3.05, 3.63) is 0 Å². The van der Waals surface area contributed by atoms with Crippen LogP contribution in [0.5, 0.6) is 0 Å². The molecule has 0 aliphatic carbocycles. The molecule has 0 atom stereocenters. The van der Waals surface area contributed by atoms with Gasteiger partial charge in [-0.1, -0.05) is 0 Å². The lowest BCUT2D eigenvalue weighted by atomic mass is 10.2. The van der Waals surface area contributed by atoms with Crippen LogP contribution in [0.15, 0.2) is 0 Å². The SMILES string of the molecule is CC(C)(C)OC(=O)NCCNC(=O)NCCCC(=O)O. The monoisotopic (exact) mass is 289 g/mol. The third-order valence-corrected chi connectivity index (χ3v) is 1.93. The molecule has 0 radical (unpaired) electrons. The van der Waals surface area contributed by atoms with Crippen molar-refractivity contribution in [2.24, 2.45) is 0 Å². The summed E-state index contributed by atoms with van der Waals surface area (Å²) in [6.07, 6.45) is -0.152. The molecule has 0 unspecified atom stereocenters. The standard InChI is InChI=1S/C12H23N3O5/c1-12(2,3)20-11(19)15-8-7-14-10(18)13-6-4-5-9(16)17/h4-8H2,1-3H3,(H,15,19)(H,16,17)(H2,13,14,18). The van der Waals surface area contributed by atoms with E-state index >= 15 is 0 Å². The predicted molar refractivity (Wildman–Crippen MR) is 72.5 cm³/mol. The fourth-order valence-electron chi connectivity index (χ4n) is 1.16. The van der Waals surface area contributed by atoms with Crippen LogP contribution in [0.25, 0.3) is 0 Å². The summed E-state index contributed by atoms with van der Waals surface area (Å²) in [6, 6.07) is -0.402. The Labute approximate surface area is 118 Å². The maximum atomic E-state index is 11.3. The number of carbonyl (C=O) groups excluding carboxylic acids is 2. The molecule has 0 aromatic rings. The van der Waals surface area contributed by atoms with Gasteiger partial charge in [-0.2, -0.15) is 0 Å². The predicted octanol–water partition coefficient (Wildman–Crippen LogP) is 0.675. The van der Waals surface area contributed by atoms with Gasteiger partial charge in [0.1, 0.15) is 5.60 Å². The van der Waals surface area contributed by atoms with Gasteiger partial charge in [0, 0.05) is 26.1 Å². The number of rotatable bonds is 7. The smallest absolute Gasteiger partial charge is 0.407 e. The van der Waals surface area contributed by atoms with Crippen LogP contribution in [0, 0.1) is 0 Å². The molecule has 0 bridgehead atoms. The number of alkyl carbamates (subject to hydrolysis) is 1. The lowest BCUT2D eigenvalue weighted by molar-refractivity contribution is -0.137. The third kappa shape index (κ3) is 12.5. The minimum Gasteiger partial charge on any atom is -0.481 e. The summed E-state index contributed by atoms with van der Waals surface area (Å²) in [6.45, 7) is 6.07. The number of aliphatic carboxylic acids is 1. The molecule has 0 rings (SSSR count). The van der Waals surface area contributed by atoms with E-state index in [1.54, 1.807) is 20.8 Å². The second-order valence-electron chi connectivity index (χ2n) is 5.11. The Morgan fingerprint density at radius 3 is 2.10 bits per heavy atom. The van der Waals surface area contributed by atoms with Crippen LogP contribution in [0.2, 0.25) is 0 Å². The molecule has 0 saturated carbocycles. The molecular formula is C12H23N3O5. The average Bonchev–Trinajstić information content (AvgIpc) is 2.28. The van der Waals surface area contributed by atoms with Crippen LogP contribution < -0.4 is 16.0 Å². The van der Waals surface area contributed by atoms with Gasteiger partial charge >= 0.3 is 18.1 Å². The molecule has 0 saturated heterocycles. The van der Waals surface area contributed by atoms with Gasteiger partial charge in [-0.05, 0) is 27.2 Å². The van der Waals surface area contributed by atoms with Crippen molar-refractivity contribution in [2.75, 3.05) is 19.6 Å². The topological polar surface area (TPSA) is 117 Å². The summed E-state index contributed by atoms with van der Waals surface area (Å²) < 4.78 is 5.01. The molecule has 0 fully saturated rings. The molecular weight excluding hydrogens is 266 g/mol. The number of ether oxygens (including phenoxy) is 1. The van der Waals surface area contributed by atoms with Crippen LogP contribution in [-0.2, 0) is 9.53 Å². The molecule has 0 aromatic heterocycles. The molecule has 3 amide bonds. The second kappa shape index (κ2) is 9.00. The molecule has 0 heterocycles. The van der Waals surface area contributed by atoms with E-state index in [1.165, 1.54) is 0 Å². The molecule has 4 N–H and O–H groups in total. The van der Waals surface area contributed by atoms with E-state index in [2.05, 4.69) is 16.0 Å². The van der Waals surface area contributed by atoms with E-state index in [4.69, 9.17) is 9.84 Å². The van der Waals surface area contributed by atoms with E-state index in [0.717, 1.165) is 0 Å². The van der Waals surface area contributed by atoms with Crippen LogP contribution in [0.4, 0.5) is 9.59 Å². The van der Waals surface area contributed by atoms with Crippen molar-refractivity contribution in [3.63, 3.8) is 0 Å². The van der Waals surface area contributed by atoms with Crippen molar-refractivity contribution in [1.29, 1.82) is 0 Å². The number of carbonyl (C=O) groups is 3. The zero-order valence-electron chi connectivity index (χ0n) is 12.1. The number of hydrogen-bond acceptors (Lipinski definition) is 4. The molecule has 0 spiro atoms. The van der Waals surface area contributed by atoms with Crippen LogP contribution in [0.3, 0.4) is 0 Å². The number of amides is 3. The Morgan fingerprint density at radius 1 is 1.00 bits per heavy atom. The van der Waals surface area contributed by atoms with Crippen molar-refractivity contribution in [3.8, 4) is 0 Å². The van der Waals surface area contributed by atoms with E-state index < -0.39 is 23.7 Å². The maximum absolute atomic E-state index is 11.3. The highest BCUT2D eigenvalue weighted by Gasteiger charge is 2.15. The molecule has 0 aliphatic heterocycles. The van der Waals surface area contributed by atoms with Gasteiger partial charge in [-0.25, -0.2) is 9.59 Å². The number of hydrogen-bond donors (Lipinski definition) is 4. The summed E-state index contributed by atoms with van der Waals surface area (Å²) in [4.78, 5) is 32.7. The second-order valence-corrected chi connectivity index (χ2v) is 5.11. The first kappa shape index (κ1) is 18.0. The largest absolute Gasteiger partial charge is 0.481 e. The minimum absolute atomic E-state index is 0.0144. The van der Waals surface area contributed by atoms with Crippen LogP contribution >= 0.6 is 0 Å². The minimum atomic E-state index is -0.895. The van der Waals surface area contributed by atoms with Crippen molar-refractivity contribution in [2.45, 2.75) is 39.2 Å². The van der Waals surface area contributed by atoms with Crippen LogP contribution in [0.1, 0.15) is 33.6 Å². The summed E-state index contributed by atoms with van der Waals surface area (Å²) in [5.41, 5.74) is -0.557.